The van der Waals surface area contributed by atoms with E-state index in [9.17, 15) is 4.79 Å². The Morgan fingerprint density at radius 2 is 2.47 bits per heavy atom. The summed E-state index contributed by atoms with van der Waals surface area (Å²) in [7, 11) is 1.83. The molecule has 1 N–H and O–H groups in total. The van der Waals surface area contributed by atoms with Crippen LogP contribution in [0, 0.1) is 18.4 Å². The number of aryl methyl sites for hydroxylation is 2. The Labute approximate surface area is 89.9 Å². The molecule has 2 heterocycles. The van der Waals surface area contributed by atoms with Crippen molar-refractivity contribution >= 4 is 27.5 Å². The average Bonchev–Trinajstić information content (AvgIpc) is 2.70. The van der Waals surface area contributed by atoms with E-state index in [1.807, 2.05) is 14.0 Å². The van der Waals surface area contributed by atoms with Gasteiger partial charge in [0.2, 0.25) is 0 Å². The third-order valence-electron chi connectivity index (χ3n) is 2.09. The van der Waals surface area contributed by atoms with E-state index in [4.69, 9.17) is 5.26 Å². The SMILES string of the molecule is Cc1nn(C)c2sc(C(=O)NC#N)cc12. The van der Waals surface area contributed by atoms with E-state index in [1.54, 1.807) is 16.9 Å². The van der Waals surface area contributed by atoms with Crippen molar-refractivity contribution in [3.05, 3.63) is 16.6 Å². The molecule has 0 saturated carbocycles. The summed E-state index contributed by atoms with van der Waals surface area (Å²) < 4.78 is 1.73. The van der Waals surface area contributed by atoms with E-state index in [2.05, 4.69) is 10.4 Å². The molecule has 0 fully saturated rings. The number of rotatable bonds is 1. The van der Waals surface area contributed by atoms with E-state index in [0.717, 1.165) is 15.9 Å². The summed E-state index contributed by atoms with van der Waals surface area (Å²) in [5.74, 6) is -0.363. The second-order valence-corrected chi connectivity index (χ2v) is 4.14. The van der Waals surface area contributed by atoms with Gasteiger partial charge in [0.1, 0.15) is 4.83 Å². The second-order valence-electron chi connectivity index (χ2n) is 3.10. The van der Waals surface area contributed by atoms with Crippen LogP contribution >= 0.6 is 11.3 Å². The quantitative estimate of drug-likeness (QED) is 0.579. The Kier molecular flexibility index (Phi) is 2.17. The zero-order chi connectivity index (χ0) is 11.0. The van der Waals surface area contributed by atoms with E-state index in [1.165, 1.54) is 11.3 Å². The molecule has 5 nitrogen and oxygen atoms in total. The number of hydrogen-bond acceptors (Lipinski definition) is 4. The number of aromatic nitrogens is 2. The topological polar surface area (TPSA) is 70.7 Å². The molecular weight excluding hydrogens is 212 g/mol. The molecule has 6 heteroatoms. The van der Waals surface area contributed by atoms with E-state index in [-0.39, 0.29) is 5.91 Å². The van der Waals surface area contributed by atoms with Crippen LogP contribution in [0.4, 0.5) is 0 Å². The van der Waals surface area contributed by atoms with Gasteiger partial charge < -0.3 is 0 Å². The predicted octanol–water partition coefficient (Wildman–Crippen LogP) is 1.15. The first-order chi connectivity index (χ1) is 7.13. The highest BCUT2D eigenvalue weighted by atomic mass is 32.1. The van der Waals surface area contributed by atoms with Crippen molar-refractivity contribution in [3.63, 3.8) is 0 Å². The number of thiophene rings is 1. The molecule has 0 aromatic carbocycles. The Morgan fingerprint density at radius 3 is 3.07 bits per heavy atom. The van der Waals surface area contributed by atoms with Gasteiger partial charge in [0.25, 0.3) is 5.91 Å². The zero-order valence-electron chi connectivity index (χ0n) is 8.24. The Morgan fingerprint density at radius 1 is 1.73 bits per heavy atom. The van der Waals surface area contributed by atoms with Gasteiger partial charge in [-0.2, -0.15) is 10.4 Å². The van der Waals surface area contributed by atoms with Crippen molar-refractivity contribution in [1.82, 2.24) is 15.1 Å². The van der Waals surface area contributed by atoms with Crippen LogP contribution in [-0.2, 0) is 7.05 Å². The zero-order valence-corrected chi connectivity index (χ0v) is 9.05. The van der Waals surface area contributed by atoms with Gasteiger partial charge in [0.05, 0.1) is 10.6 Å². The average molecular weight is 220 g/mol. The van der Waals surface area contributed by atoms with Crippen LogP contribution in [0.15, 0.2) is 6.07 Å². The highest BCUT2D eigenvalue weighted by Crippen LogP contribution is 2.27. The monoisotopic (exact) mass is 220 g/mol. The molecule has 0 atom stereocenters. The van der Waals surface area contributed by atoms with Crippen molar-refractivity contribution in [2.24, 2.45) is 7.05 Å². The molecule has 2 rings (SSSR count). The number of nitrogens with zero attached hydrogens (tertiary/aromatic N) is 3. The highest BCUT2D eigenvalue weighted by Gasteiger charge is 2.14. The lowest BCUT2D eigenvalue weighted by Gasteiger charge is -1.91. The number of carbonyl (C=O) groups is 1. The molecule has 0 aliphatic rings. The van der Waals surface area contributed by atoms with Crippen LogP contribution in [0.2, 0.25) is 0 Å². The van der Waals surface area contributed by atoms with Gasteiger partial charge in [0.15, 0.2) is 6.19 Å². The second kappa shape index (κ2) is 3.37. The van der Waals surface area contributed by atoms with Gasteiger partial charge in [-0.1, -0.05) is 0 Å². The van der Waals surface area contributed by atoms with Crippen molar-refractivity contribution in [1.29, 1.82) is 5.26 Å². The summed E-state index contributed by atoms with van der Waals surface area (Å²) in [6.45, 7) is 1.89. The maximum atomic E-state index is 11.4. The molecule has 2 aromatic rings. The van der Waals surface area contributed by atoms with Crippen LogP contribution in [0.5, 0.6) is 0 Å². The summed E-state index contributed by atoms with van der Waals surface area (Å²) in [6, 6.07) is 1.76. The molecule has 15 heavy (non-hydrogen) atoms. The van der Waals surface area contributed by atoms with Crippen molar-refractivity contribution in [2.45, 2.75) is 6.92 Å². The van der Waals surface area contributed by atoms with Crippen LogP contribution in [0.1, 0.15) is 15.4 Å². The lowest BCUT2D eigenvalue weighted by molar-refractivity contribution is 0.0977. The van der Waals surface area contributed by atoms with Gasteiger partial charge in [-0.15, -0.1) is 11.3 Å². The molecule has 0 saturated heterocycles. The fourth-order valence-electron chi connectivity index (χ4n) is 1.43. The van der Waals surface area contributed by atoms with Gasteiger partial charge in [-0.3, -0.25) is 14.8 Å². The Balaban J connectivity index is 2.53. The smallest absolute Gasteiger partial charge is 0.267 e. The standard InChI is InChI=1S/C9H8N4OS/c1-5-6-3-7(8(14)11-4-10)15-9(6)13(2)12-5/h3H,1-2H3,(H,11,14). The van der Waals surface area contributed by atoms with Crippen LogP contribution < -0.4 is 5.32 Å². The Hall–Kier alpha value is -1.87. The van der Waals surface area contributed by atoms with Gasteiger partial charge in [-0.05, 0) is 13.0 Å². The largest absolute Gasteiger partial charge is 0.274 e. The maximum absolute atomic E-state index is 11.4. The van der Waals surface area contributed by atoms with E-state index in [0.29, 0.717) is 4.88 Å². The normalized spacial score (nSPS) is 10.2. The molecule has 0 radical (unpaired) electrons. The lowest BCUT2D eigenvalue weighted by atomic mass is 10.3. The number of fused-ring (bicyclic) bond motifs is 1. The van der Waals surface area contributed by atoms with Gasteiger partial charge in [0, 0.05) is 12.4 Å². The Bertz CT molecular complexity index is 540. The first-order valence-electron chi connectivity index (χ1n) is 4.26. The third-order valence-corrected chi connectivity index (χ3v) is 3.29. The molecule has 0 aliphatic carbocycles. The minimum absolute atomic E-state index is 0.363. The number of hydrogen-bond donors (Lipinski definition) is 1. The fraction of sp³-hybridized carbons (Fsp3) is 0.222. The maximum Gasteiger partial charge on any atom is 0.274 e. The van der Waals surface area contributed by atoms with Gasteiger partial charge in [-0.25, -0.2) is 0 Å². The molecular formula is C9H8N4OS. The molecule has 76 valence electrons. The molecule has 0 spiro atoms. The first-order valence-corrected chi connectivity index (χ1v) is 5.07. The van der Waals surface area contributed by atoms with Crippen LogP contribution in [0.25, 0.3) is 10.2 Å². The number of nitriles is 1. The minimum Gasteiger partial charge on any atom is -0.267 e. The van der Waals surface area contributed by atoms with Crippen LogP contribution in [-0.4, -0.2) is 15.7 Å². The number of nitrogens with one attached hydrogen (secondary N) is 1. The van der Waals surface area contributed by atoms with E-state index < -0.39 is 0 Å². The van der Waals surface area contributed by atoms with Crippen LogP contribution in [0.3, 0.4) is 0 Å². The van der Waals surface area contributed by atoms with Crippen molar-refractivity contribution in [2.75, 3.05) is 0 Å². The lowest BCUT2D eigenvalue weighted by Crippen LogP contribution is -2.15. The summed E-state index contributed by atoms with van der Waals surface area (Å²) in [6.07, 6.45) is 1.62. The minimum atomic E-state index is -0.363. The van der Waals surface area contributed by atoms with Crippen molar-refractivity contribution < 1.29 is 4.79 Å². The molecule has 0 bridgehead atoms. The highest BCUT2D eigenvalue weighted by molar-refractivity contribution is 7.20. The number of amides is 1. The summed E-state index contributed by atoms with van der Waals surface area (Å²) in [5.41, 5.74) is 0.889. The molecule has 2 aromatic heterocycles. The number of carbonyl (C=O) groups excluding carboxylic acids is 1. The summed E-state index contributed by atoms with van der Waals surface area (Å²) >= 11 is 1.33. The summed E-state index contributed by atoms with van der Waals surface area (Å²) in [4.78, 5) is 12.9. The fourth-order valence-corrected chi connectivity index (χ4v) is 2.45. The summed E-state index contributed by atoms with van der Waals surface area (Å²) in [5, 5.41) is 15.6. The third kappa shape index (κ3) is 1.47. The predicted molar refractivity (Wildman–Crippen MR) is 56.4 cm³/mol. The molecule has 1 amide bonds. The first kappa shape index (κ1) is 9.68. The van der Waals surface area contributed by atoms with Crippen molar-refractivity contribution in [3.8, 4) is 6.19 Å². The van der Waals surface area contributed by atoms with E-state index >= 15 is 0 Å². The van der Waals surface area contributed by atoms with Gasteiger partial charge >= 0.3 is 0 Å². The molecule has 0 aliphatic heterocycles. The molecule has 0 unspecified atom stereocenters.